The number of hydrogen-bond donors (Lipinski definition) is 2. The van der Waals surface area contributed by atoms with Gasteiger partial charge in [0, 0.05) is 5.69 Å². The van der Waals surface area contributed by atoms with Crippen LogP contribution in [0.4, 0.5) is 11.5 Å². The number of ether oxygens (including phenoxy) is 1. The molecule has 3 aromatic rings. The lowest BCUT2D eigenvalue weighted by Gasteiger charge is -2.31. The molecule has 4 rings (SSSR count). The summed E-state index contributed by atoms with van der Waals surface area (Å²) in [5, 5.41) is 3.19. The highest BCUT2D eigenvalue weighted by molar-refractivity contribution is 6.01. The fourth-order valence-electron chi connectivity index (χ4n) is 2.73. The molecule has 0 aliphatic carbocycles. The third-order valence-corrected chi connectivity index (χ3v) is 3.74. The van der Waals surface area contributed by atoms with Crippen molar-refractivity contribution in [1.82, 2.24) is 19.9 Å². The van der Waals surface area contributed by atoms with Gasteiger partial charge in [-0.25, -0.2) is 15.0 Å². The fraction of sp³-hybridized carbons (Fsp3) is 0.250. The summed E-state index contributed by atoms with van der Waals surface area (Å²) < 4.78 is 5.86. The van der Waals surface area contributed by atoms with Gasteiger partial charge in [0.05, 0.1) is 18.3 Å². The highest BCUT2D eigenvalue weighted by Crippen LogP contribution is 2.35. The van der Waals surface area contributed by atoms with Crippen LogP contribution >= 0.6 is 0 Å². The van der Waals surface area contributed by atoms with Gasteiger partial charge >= 0.3 is 0 Å². The van der Waals surface area contributed by atoms with Gasteiger partial charge in [-0.3, -0.25) is 4.79 Å². The van der Waals surface area contributed by atoms with Crippen molar-refractivity contribution in [3.8, 4) is 5.75 Å². The molecule has 1 aliphatic rings. The first-order valence-corrected chi connectivity index (χ1v) is 7.29. The van der Waals surface area contributed by atoms with E-state index in [0.717, 1.165) is 5.69 Å². The number of carbonyl (C=O) groups is 1. The number of rotatable bonds is 2. The molecule has 7 heteroatoms. The van der Waals surface area contributed by atoms with E-state index >= 15 is 0 Å². The molecule has 1 aromatic carbocycles. The third-order valence-electron chi connectivity index (χ3n) is 3.74. The van der Waals surface area contributed by atoms with Crippen LogP contribution in [0.3, 0.4) is 0 Å². The van der Waals surface area contributed by atoms with Crippen molar-refractivity contribution in [3.63, 3.8) is 0 Å². The molecule has 0 bridgehead atoms. The van der Waals surface area contributed by atoms with Crippen molar-refractivity contribution in [2.45, 2.75) is 25.9 Å². The molecule has 0 radical (unpaired) electrons. The average molecular weight is 309 g/mol. The van der Waals surface area contributed by atoms with Crippen LogP contribution in [-0.2, 0) is 0 Å². The number of ketones is 1. The molecule has 0 atom stereocenters. The molecular weight excluding hydrogens is 294 g/mol. The number of nitrogens with zero attached hydrogens (tertiary/aromatic N) is 3. The minimum Gasteiger partial charge on any atom is -0.487 e. The Bertz CT molecular complexity index is 916. The zero-order chi connectivity index (χ0) is 16.0. The topological polar surface area (TPSA) is 92.8 Å². The lowest BCUT2D eigenvalue weighted by molar-refractivity contribution is 0.0620. The number of Topliss-reactive ketones (excluding diaryl/α,β-unsaturated/α-hetero) is 1. The van der Waals surface area contributed by atoms with E-state index in [-0.39, 0.29) is 5.78 Å². The lowest BCUT2D eigenvalue weighted by atomic mass is 9.93. The highest BCUT2D eigenvalue weighted by atomic mass is 16.5. The van der Waals surface area contributed by atoms with Gasteiger partial charge in [0.1, 0.15) is 23.2 Å². The van der Waals surface area contributed by atoms with Crippen molar-refractivity contribution in [2.75, 3.05) is 5.32 Å². The molecule has 23 heavy (non-hydrogen) atoms. The Morgan fingerprint density at radius 1 is 1.26 bits per heavy atom. The molecule has 0 saturated heterocycles. The Morgan fingerprint density at radius 2 is 2.13 bits per heavy atom. The third kappa shape index (κ3) is 2.40. The standard InChI is InChI=1S/C16H15N5O2/c1-16(2)6-11(22)10-5-9(3-4-12(10)23-16)21-15-13-14(18-7-17-13)19-8-20-15/h3-5,7-8H,6H2,1-2H3,(H2,17,18,19,20,21). The van der Waals surface area contributed by atoms with Crippen LogP contribution in [0.15, 0.2) is 30.9 Å². The summed E-state index contributed by atoms with van der Waals surface area (Å²) in [7, 11) is 0. The zero-order valence-corrected chi connectivity index (χ0v) is 12.8. The summed E-state index contributed by atoms with van der Waals surface area (Å²) in [5.74, 6) is 1.30. The lowest BCUT2D eigenvalue weighted by Crippen LogP contribution is -2.35. The minimum atomic E-state index is -0.465. The molecule has 2 N–H and O–H groups in total. The van der Waals surface area contributed by atoms with Gasteiger partial charge in [0.15, 0.2) is 17.2 Å². The van der Waals surface area contributed by atoms with Gasteiger partial charge in [0.2, 0.25) is 0 Å². The van der Waals surface area contributed by atoms with E-state index in [0.29, 0.717) is 34.7 Å². The molecule has 7 nitrogen and oxygen atoms in total. The van der Waals surface area contributed by atoms with E-state index in [4.69, 9.17) is 4.74 Å². The van der Waals surface area contributed by atoms with Crippen molar-refractivity contribution >= 4 is 28.5 Å². The molecule has 2 aromatic heterocycles. The van der Waals surface area contributed by atoms with Gasteiger partial charge in [-0.15, -0.1) is 0 Å². The Morgan fingerprint density at radius 3 is 3.00 bits per heavy atom. The summed E-state index contributed by atoms with van der Waals surface area (Å²) in [6.45, 7) is 3.83. The Labute approximate surface area is 132 Å². The summed E-state index contributed by atoms with van der Waals surface area (Å²) in [6, 6.07) is 5.46. The fourth-order valence-corrected chi connectivity index (χ4v) is 2.73. The summed E-state index contributed by atoms with van der Waals surface area (Å²) in [5.41, 5.74) is 2.18. The predicted molar refractivity (Wildman–Crippen MR) is 85.1 cm³/mol. The number of fused-ring (bicyclic) bond motifs is 2. The smallest absolute Gasteiger partial charge is 0.182 e. The monoisotopic (exact) mass is 309 g/mol. The number of anilines is 2. The largest absolute Gasteiger partial charge is 0.487 e. The number of carbonyl (C=O) groups excluding carboxylic acids is 1. The maximum atomic E-state index is 12.3. The Balaban J connectivity index is 1.70. The number of aromatic amines is 1. The molecule has 3 heterocycles. The number of H-pyrrole nitrogens is 1. The van der Waals surface area contributed by atoms with Crippen molar-refractivity contribution in [3.05, 3.63) is 36.4 Å². The van der Waals surface area contributed by atoms with Crippen LogP contribution < -0.4 is 10.1 Å². The molecular formula is C16H15N5O2. The normalized spacial score (nSPS) is 16.0. The molecule has 0 spiro atoms. The summed E-state index contributed by atoms with van der Waals surface area (Å²) in [4.78, 5) is 27.7. The van der Waals surface area contributed by atoms with Crippen LogP contribution in [0, 0.1) is 0 Å². The van der Waals surface area contributed by atoms with E-state index in [2.05, 4.69) is 25.3 Å². The number of benzene rings is 1. The van der Waals surface area contributed by atoms with Gasteiger partial charge in [-0.2, -0.15) is 0 Å². The zero-order valence-electron chi connectivity index (χ0n) is 12.8. The quantitative estimate of drug-likeness (QED) is 0.756. The minimum absolute atomic E-state index is 0.0780. The van der Waals surface area contributed by atoms with E-state index < -0.39 is 5.60 Å². The van der Waals surface area contributed by atoms with E-state index in [1.54, 1.807) is 12.4 Å². The van der Waals surface area contributed by atoms with Gasteiger partial charge in [0.25, 0.3) is 0 Å². The number of hydrogen-bond acceptors (Lipinski definition) is 6. The number of aromatic nitrogens is 4. The van der Waals surface area contributed by atoms with Gasteiger partial charge in [-0.05, 0) is 32.0 Å². The molecule has 0 unspecified atom stereocenters. The first-order valence-electron chi connectivity index (χ1n) is 7.29. The van der Waals surface area contributed by atoms with Crippen molar-refractivity contribution in [2.24, 2.45) is 0 Å². The molecule has 0 amide bonds. The van der Waals surface area contributed by atoms with Crippen LogP contribution in [0.1, 0.15) is 30.6 Å². The van der Waals surface area contributed by atoms with Crippen LogP contribution in [0.5, 0.6) is 5.75 Å². The summed E-state index contributed by atoms with van der Waals surface area (Å²) in [6.07, 6.45) is 3.37. The molecule has 0 saturated carbocycles. The van der Waals surface area contributed by atoms with Crippen LogP contribution in [0.25, 0.3) is 11.2 Å². The van der Waals surface area contributed by atoms with E-state index in [9.17, 15) is 4.79 Å². The average Bonchev–Trinajstić information content (AvgIpc) is 2.96. The molecule has 1 aliphatic heterocycles. The number of nitrogens with one attached hydrogen (secondary N) is 2. The van der Waals surface area contributed by atoms with Crippen molar-refractivity contribution < 1.29 is 9.53 Å². The van der Waals surface area contributed by atoms with Crippen molar-refractivity contribution in [1.29, 1.82) is 0 Å². The van der Waals surface area contributed by atoms with E-state index in [1.165, 1.54) is 6.33 Å². The van der Waals surface area contributed by atoms with E-state index in [1.807, 2.05) is 26.0 Å². The molecule has 116 valence electrons. The highest BCUT2D eigenvalue weighted by Gasteiger charge is 2.32. The summed E-state index contributed by atoms with van der Waals surface area (Å²) >= 11 is 0. The predicted octanol–water partition coefficient (Wildman–Crippen LogP) is 2.84. The number of imidazole rings is 1. The molecule has 0 fully saturated rings. The van der Waals surface area contributed by atoms with Gasteiger partial charge < -0.3 is 15.0 Å². The maximum Gasteiger partial charge on any atom is 0.182 e. The second-order valence-electron chi connectivity index (χ2n) is 6.12. The first kappa shape index (κ1) is 13.7. The maximum absolute atomic E-state index is 12.3. The van der Waals surface area contributed by atoms with Crippen LogP contribution in [0.2, 0.25) is 0 Å². The Kier molecular flexibility index (Phi) is 2.84. The first-order chi connectivity index (χ1) is 11.0. The van der Waals surface area contributed by atoms with Crippen LogP contribution in [-0.4, -0.2) is 31.3 Å². The SMILES string of the molecule is CC1(C)CC(=O)c2cc(Nc3ncnc4nc[nH]c34)ccc2O1. The Hall–Kier alpha value is -2.96. The van der Waals surface area contributed by atoms with Gasteiger partial charge in [-0.1, -0.05) is 0 Å². The second-order valence-corrected chi connectivity index (χ2v) is 6.12. The second kappa shape index (κ2) is 4.77.